The molecule has 7 nitrogen and oxygen atoms in total. The molecule has 0 aliphatic carbocycles. The number of esters is 3. The van der Waals surface area contributed by atoms with Crippen molar-refractivity contribution in [1.82, 2.24) is 5.73 Å². The van der Waals surface area contributed by atoms with Crippen molar-refractivity contribution in [2.45, 2.75) is 65.4 Å². The Bertz CT molecular complexity index is 326. The summed E-state index contributed by atoms with van der Waals surface area (Å²) in [5.74, 6) is -1.71. The Kier molecular flexibility index (Phi) is 6.64. The Morgan fingerprint density at radius 1 is 0.750 bits per heavy atom. The molecule has 0 amide bonds. The third-order valence-electron chi connectivity index (χ3n) is 3.05. The van der Waals surface area contributed by atoms with Crippen molar-refractivity contribution in [3.05, 3.63) is 0 Å². The first-order valence-electron chi connectivity index (χ1n) is 6.28. The van der Waals surface area contributed by atoms with Gasteiger partial charge in [-0.2, -0.15) is 0 Å². The molecular weight excluding hydrogens is 266 g/mol. The molecule has 1 radical (unpaired) electrons. The van der Waals surface area contributed by atoms with E-state index in [2.05, 4.69) is 0 Å². The summed E-state index contributed by atoms with van der Waals surface area (Å²) in [5, 5.41) is 0. The van der Waals surface area contributed by atoms with Gasteiger partial charge in [0, 0.05) is 20.8 Å². The maximum Gasteiger partial charge on any atom is 0.302 e. The number of hydrogen-bond acceptors (Lipinski definition) is 6. The summed E-state index contributed by atoms with van der Waals surface area (Å²) in [7, 11) is 0. The molecule has 0 saturated carbocycles. The summed E-state index contributed by atoms with van der Waals surface area (Å²) in [6.45, 7) is 8.12. The van der Waals surface area contributed by atoms with E-state index in [9.17, 15) is 14.4 Å². The van der Waals surface area contributed by atoms with Crippen LogP contribution in [0.15, 0.2) is 0 Å². The molecule has 0 aromatic rings. The van der Waals surface area contributed by atoms with Crippen LogP contribution >= 0.6 is 0 Å². The average molecular weight is 288 g/mol. The summed E-state index contributed by atoms with van der Waals surface area (Å²) < 4.78 is 15.0. The molecule has 1 N–H and O–H groups in total. The summed E-state index contributed by atoms with van der Waals surface area (Å²) >= 11 is 0. The number of nitrogens with one attached hydrogen (secondary N) is 1. The smallest absolute Gasteiger partial charge is 0.302 e. The number of carbonyl (C=O) groups excluding carboxylic acids is 3. The largest absolute Gasteiger partial charge is 0.461 e. The van der Waals surface area contributed by atoms with E-state index in [0.29, 0.717) is 0 Å². The first-order chi connectivity index (χ1) is 9.01. The van der Waals surface area contributed by atoms with Crippen LogP contribution in [0.2, 0.25) is 0 Å². The minimum Gasteiger partial charge on any atom is -0.461 e. The van der Waals surface area contributed by atoms with Gasteiger partial charge in [0.1, 0.15) is 23.9 Å². The molecule has 0 aromatic carbocycles. The number of ether oxygens (including phenoxy) is 3. The lowest BCUT2D eigenvalue weighted by Crippen LogP contribution is -2.61. The molecule has 3 unspecified atom stereocenters. The lowest BCUT2D eigenvalue weighted by atomic mass is 9.83. The summed E-state index contributed by atoms with van der Waals surface area (Å²) in [6.07, 6.45) is -2.78. The molecule has 115 valence electrons. The topological polar surface area (TPSA) is 103 Å². The molecule has 0 rings (SSSR count). The highest BCUT2D eigenvalue weighted by atomic mass is 16.6. The van der Waals surface area contributed by atoms with Gasteiger partial charge in [0.2, 0.25) is 0 Å². The van der Waals surface area contributed by atoms with Crippen LogP contribution in [0.5, 0.6) is 0 Å². The van der Waals surface area contributed by atoms with E-state index in [-0.39, 0.29) is 0 Å². The Morgan fingerprint density at radius 2 is 0.950 bits per heavy atom. The van der Waals surface area contributed by atoms with Crippen LogP contribution in [0, 0.1) is 0 Å². The Balaban J connectivity index is 5.34. The van der Waals surface area contributed by atoms with E-state index in [4.69, 9.17) is 19.9 Å². The lowest BCUT2D eigenvalue weighted by molar-refractivity contribution is -0.174. The number of rotatable bonds is 6. The van der Waals surface area contributed by atoms with Gasteiger partial charge in [-0.05, 0) is 20.8 Å². The molecule has 0 spiro atoms. The minimum absolute atomic E-state index is 0.570. The average Bonchev–Trinajstić information content (AvgIpc) is 2.24. The molecule has 0 bridgehead atoms. The molecule has 0 aromatic heterocycles. The van der Waals surface area contributed by atoms with Crippen molar-refractivity contribution >= 4 is 17.9 Å². The van der Waals surface area contributed by atoms with E-state index in [1.807, 2.05) is 0 Å². The fourth-order valence-corrected chi connectivity index (χ4v) is 2.03. The van der Waals surface area contributed by atoms with E-state index < -0.39 is 41.8 Å². The zero-order valence-electron chi connectivity index (χ0n) is 12.7. The van der Waals surface area contributed by atoms with E-state index in [1.165, 1.54) is 41.5 Å². The second kappa shape index (κ2) is 7.23. The fourth-order valence-electron chi connectivity index (χ4n) is 2.03. The molecule has 0 aliphatic rings. The van der Waals surface area contributed by atoms with Crippen LogP contribution in [-0.4, -0.2) is 41.8 Å². The lowest BCUT2D eigenvalue weighted by Gasteiger charge is -2.41. The van der Waals surface area contributed by atoms with Crippen LogP contribution in [0.4, 0.5) is 0 Å². The Morgan fingerprint density at radius 3 is 1.10 bits per heavy atom. The zero-order chi connectivity index (χ0) is 16.1. The third-order valence-corrected chi connectivity index (χ3v) is 3.05. The standard InChI is InChI=1S/C13H22NO6/c1-7(18-10(4)15)13(14,8(2)19-11(5)16)9(3)20-12(6)17/h7-9,14H,1-6H3. The summed E-state index contributed by atoms with van der Waals surface area (Å²) in [6, 6.07) is 0. The molecule has 7 heteroatoms. The summed E-state index contributed by atoms with van der Waals surface area (Å²) in [4.78, 5) is 33.2. The van der Waals surface area contributed by atoms with Gasteiger partial charge in [-0.15, -0.1) is 0 Å². The van der Waals surface area contributed by atoms with Gasteiger partial charge in [-0.1, -0.05) is 0 Å². The molecule has 0 fully saturated rings. The van der Waals surface area contributed by atoms with Gasteiger partial charge < -0.3 is 14.2 Å². The predicted octanol–water partition coefficient (Wildman–Crippen LogP) is 0.863. The van der Waals surface area contributed by atoms with Gasteiger partial charge in [0.25, 0.3) is 0 Å². The SMILES string of the molecule is CC(=O)OC(C)C([NH])(C(C)OC(C)=O)C(C)OC(C)=O. The second-order valence-corrected chi connectivity index (χ2v) is 4.69. The normalized spacial score (nSPS) is 18.1. The Hall–Kier alpha value is -1.63. The van der Waals surface area contributed by atoms with Crippen LogP contribution < -0.4 is 5.73 Å². The molecule has 0 aliphatic heterocycles. The van der Waals surface area contributed by atoms with Crippen LogP contribution in [-0.2, 0) is 28.6 Å². The van der Waals surface area contributed by atoms with Crippen LogP contribution in [0.25, 0.3) is 0 Å². The van der Waals surface area contributed by atoms with E-state index >= 15 is 0 Å². The van der Waals surface area contributed by atoms with Crippen molar-refractivity contribution in [3.8, 4) is 0 Å². The van der Waals surface area contributed by atoms with Crippen LogP contribution in [0.1, 0.15) is 41.5 Å². The quantitative estimate of drug-likeness (QED) is 0.530. The van der Waals surface area contributed by atoms with Crippen molar-refractivity contribution in [2.24, 2.45) is 0 Å². The minimum atomic E-state index is -1.61. The summed E-state index contributed by atoms with van der Waals surface area (Å²) in [5.41, 5.74) is 6.88. The van der Waals surface area contributed by atoms with E-state index in [0.717, 1.165) is 0 Å². The predicted molar refractivity (Wildman–Crippen MR) is 69.5 cm³/mol. The third kappa shape index (κ3) is 4.80. The monoisotopic (exact) mass is 288 g/mol. The molecule has 20 heavy (non-hydrogen) atoms. The zero-order valence-corrected chi connectivity index (χ0v) is 12.7. The first-order valence-corrected chi connectivity index (χ1v) is 6.28. The Labute approximate surface area is 118 Å². The number of hydrogen-bond donors (Lipinski definition) is 0. The fraction of sp³-hybridized carbons (Fsp3) is 0.769. The van der Waals surface area contributed by atoms with E-state index in [1.54, 1.807) is 0 Å². The molecular formula is C13H22NO6. The highest BCUT2D eigenvalue weighted by Gasteiger charge is 2.49. The molecule has 0 saturated heterocycles. The van der Waals surface area contributed by atoms with Gasteiger partial charge in [0.05, 0.1) is 0 Å². The first kappa shape index (κ1) is 18.4. The van der Waals surface area contributed by atoms with Crippen molar-refractivity contribution < 1.29 is 28.6 Å². The second-order valence-electron chi connectivity index (χ2n) is 4.69. The van der Waals surface area contributed by atoms with Crippen molar-refractivity contribution in [3.63, 3.8) is 0 Å². The maximum atomic E-state index is 11.1. The van der Waals surface area contributed by atoms with Gasteiger partial charge in [0.15, 0.2) is 0 Å². The highest BCUT2D eigenvalue weighted by Crippen LogP contribution is 2.27. The molecule has 3 atom stereocenters. The van der Waals surface area contributed by atoms with Crippen molar-refractivity contribution in [2.75, 3.05) is 0 Å². The molecule has 0 heterocycles. The van der Waals surface area contributed by atoms with Crippen LogP contribution in [0.3, 0.4) is 0 Å². The maximum absolute atomic E-state index is 11.1. The van der Waals surface area contributed by atoms with Gasteiger partial charge in [-0.3, -0.25) is 14.4 Å². The van der Waals surface area contributed by atoms with Crippen molar-refractivity contribution in [1.29, 1.82) is 0 Å². The number of carbonyl (C=O) groups is 3. The highest BCUT2D eigenvalue weighted by molar-refractivity contribution is 5.67. The van der Waals surface area contributed by atoms with Gasteiger partial charge in [-0.25, -0.2) is 5.73 Å². The van der Waals surface area contributed by atoms with Gasteiger partial charge >= 0.3 is 17.9 Å².